The largest absolute Gasteiger partial charge is 0.340 e. The van der Waals surface area contributed by atoms with Gasteiger partial charge in [-0.2, -0.15) is 5.10 Å². The van der Waals surface area contributed by atoms with E-state index in [1.165, 1.54) is 18.9 Å². The number of hydrogen-bond donors (Lipinski definition) is 2. The molecule has 2 atom stereocenters. The molecule has 0 radical (unpaired) electrons. The van der Waals surface area contributed by atoms with E-state index in [-0.39, 0.29) is 24.1 Å². The Morgan fingerprint density at radius 3 is 2.84 bits per heavy atom. The number of rotatable bonds is 5. The third kappa shape index (κ3) is 3.33. The molecule has 2 N–H and O–H groups in total. The van der Waals surface area contributed by atoms with Crippen LogP contribution in [0.1, 0.15) is 43.1 Å². The quantitative estimate of drug-likeness (QED) is 0.860. The molecule has 1 saturated carbocycles. The lowest BCUT2D eigenvalue weighted by atomic mass is 9.94. The van der Waals surface area contributed by atoms with E-state index >= 15 is 0 Å². The molecule has 4 rings (SSSR count). The minimum Gasteiger partial charge on any atom is -0.332 e. The van der Waals surface area contributed by atoms with Crippen LogP contribution in [-0.4, -0.2) is 37.5 Å². The molecule has 0 spiro atoms. The van der Waals surface area contributed by atoms with E-state index in [0.29, 0.717) is 36.2 Å². The summed E-state index contributed by atoms with van der Waals surface area (Å²) >= 11 is 0. The molecule has 1 aliphatic heterocycles. The van der Waals surface area contributed by atoms with Crippen LogP contribution in [0.15, 0.2) is 23.3 Å². The van der Waals surface area contributed by atoms with Gasteiger partial charge < -0.3 is 4.90 Å². The first-order chi connectivity index (χ1) is 12.1. The zero-order valence-corrected chi connectivity index (χ0v) is 13.7. The Bertz CT molecular complexity index is 828. The maximum atomic E-state index is 13.2. The van der Waals surface area contributed by atoms with E-state index in [9.17, 15) is 14.0 Å². The molecule has 1 saturated heterocycles. The number of aromatic amines is 2. The fourth-order valence-electron chi connectivity index (χ4n) is 3.88. The summed E-state index contributed by atoms with van der Waals surface area (Å²) in [5, 5.41) is 6.47. The molecular formula is C17H20FN5O2. The highest BCUT2D eigenvalue weighted by molar-refractivity contribution is 5.77. The molecule has 1 amide bonds. The van der Waals surface area contributed by atoms with Gasteiger partial charge in [0.1, 0.15) is 5.82 Å². The summed E-state index contributed by atoms with van der Waals surface area (Å²) in [7, 11) is 0. The Kier molecular flexibility index (Phi) is 4.10. The zero-order valence-electron chi connectivity index (χ0n) is 13.7. The maximum Gasteiger partial charge on any atom is 0.340 e. The molecule has 1 aliphatic carbocycles. The van der Waals surface area contributed by atoms with E-state index in [1.807, 2.05) is 4.90 Å². The number of likely N-dealkylation sites (tertiary alicyclic amines) is 1. The van der Waals surface area contributed by atoms with Gasteiger partial charge in [0.15, 0.2) is 5.82 Å². The lowest BCUT2D eigenvalue weighted by Gasteiger charge is -2.26. The Labute approximate surface area is 143 Å². The summed E-state index contributed by atoms with van der Waals surface area (Å²) in [6.45, 7) is 0.668. The van der Waals surface area contributed by atoms with Crippen LogP contribution >= 0.6 is 0 Å². The minimum atomic E-state index is -0.396. The van der Waals surface area contributed by atoms with Crippen LogP contribution in [0.3, 0.4) is 0 Å². The molecule has 2 aliphatic rings. The molecule has 3 heterocycles. The molecule has 2 aromatic heterocycles. The van der Waals surface area contributed by atoms with Crippen molar-refractivity contribution in [2.45, 2.75) is 38.1 Å². The van der Waals surface area contributed by atoms with Gasteiger partial charge >= 0.3 is 5.69 Å². The van der Waals surface area contributed by atoms with Gasteiger partial charge in [-0.1, -0.05) is 0 Å². The number of nitrogens with zero attached hydrogens (tertiary/aromatic N) is 3. The van der Waals surface area contributed by atoms with E-state index in [4.69, 9.17) is 0 Å². The summed E-state index contributed by atoms with van der Waals surface area (Å²) in [6, 6.07) is 1.23. The number of hydrogen-bond acceptors (Lipinski definition) is 4. The topological polar surface area (TPSA) is 94.7 Å². The van der Waals surface area contributed by atoms with Crippen molar-refractivity contribution in [1.82, 2.24) is 25.1 Å². The fraction of sp³-hybridized carbons (Fsp3) is 0.529. The highest BCUT2D eigenvalue weighted by Gasteiger charge is 2.46. The normalized spacial score (nSPS) is 23.2. The van der Waals surface area contributed by atoms with Crippen molar-refractivity contribution in [3.05, 3.63) is 46.1 Å². The van der Waals surface area contributed by atoms with Crippen LogP contribution in [0.2, 0.25) is 0 Å². The van der Waals surface area contributed by atoms with Gasteiger partial charge in [0.25, 0.3) is 0 Å². The molecule has 0 aromatic carbocycles. The fourth-order valence-corrected chi connectivity index (χ4v) is 3.88. The molecule has 25 heavy (non-hydrogen) atoms. The van der Waals surface area contributed by atoms with E-state index in [0.717, 1.165) is 12.6 Å². The third-order valence-electron chi connectivity index (χ3n) is 5.18. The number of carbonyl (C=O) groups excluding carboxylic acids is 1. The van der Waals surface area contributed by atoms with Crippen LogP contribution in [0.25, 0.3) is 0 Å². The van der Waals surface area contributed by atoms with Gasteiger partial charge in [-0.3, -0.25) is 14.8 Å². The Hall–Kier alpha value is -2.51. The second kappa shape index (κ2) is 6.42. The summed E-state index contributed by atoms with van der Waals surface area (Å²) in [5.41, 5.74) is 0.352. The van der Waals surface area contributed by atoms with Gasteiger partial charge in [0, 0.05) is 19.2 Å². The molecule has 2 unspecified atom stereocenters. The first kappa shape index (κ1) is 16.0. The lowest BCUT2D eigenvalue weighted by Crippen LogP contribution is -2.33. The highest BCUT2D eigenvalue weighted by atomic mass is 19.1. The number of aryl methyl sites for hydroxylation is 1. The maximum absolute atomic E-state index is 13.2. The van der Waals surface area contributed by atoms with Crippen molar-refractivity contribution in [2.24, 2.45) is 11.8 Å². The predicted octanol–water partition coefficient (Wildman–Crippen LogP) is 1.56. The minimum absolute atomic E-state index is 0.00117. The predicted molar refractivity (Wildman–Crippen MR) is 87.0 cm³/mol. The lowest BCUT2D eigenvalue weighted by molar-refractivity contribution is -0.132. The van der Waals surface area contributed by atoms with Crippen molar-refractivity contribution in [1.29, 1.82) is 0 Å². The van der Waals surface area contributed by atoms with Gasteiger partial charge in [-0.15, -0.1) is 0 Å². The van der Waals surface area contributed by atoms with E-state index in [2.05, 4.69) is 20.2 Å². The second-order valence-corrected chi connectivity index (χ2v) is 6.90. The van der Waals surface area contributed by atoms with Gasteiger partial charge in [-0.25, -0.2) is 14.3 Å². The molecule has 7 nitrogen and oxygen atoms in total. The van der Waals surface area contributed by atoms with Gasteiger partial charge in [0.05, 0.1) is 12.2 Å². The average Bonchev–Trinajstić information content (AvgIpc) is 3.20. The van der Waals surface area contributed by atoms with Crippen molar-refractivity contribution >= 4 is 5.91 Å². The summed E-state index contributed by atoms with van der Waals surface area (Å²) < 4.78 is 13.2. The van der Waals surface area contributed by atoms with Crippen LogP contribution in [0.4, 0.5) is 4.39 Å². The third-order valence-corrected chi connectivity index (χ3v) is 5.18. The van der Waals surface area contributed by atoms with Gasteiger partial charge in [0.2, 0.25) is 5.91 Å². The molecule has 132 valence electrons. The number of aromatic nitrogens is 4. The zero-order chi connectivity index (χ0) is 17.4. The van der Waals surface area contributed by atoms with Crippen LogP contribution in [0.5, 0.6) is 0 Å². The Balaban J connectivity index is 1.49. The highest BCUT2D eigenvalue weighted by Crippen LogP contribution is 2.49. The van der Waals surface area contributed by atoms with Gasteiger partial charge in [-0.05, 0) is 49.1 Å². The number of pyridine rings is 1. The Morgan fingerprint density at radius 1 is 1.32 bits per heavy atom. The number of carbonyl (C=O) groups is 1. The van der Waals surface area contributed by atoms with Crippen molar-refractivity contribution in [3.63, 3.8) is 0 Å². The average molecular weight is 345 g/mol. The summed E-state index contributed by atoms with van der Waals surface area (Å²) in [6.07, 6.45) is 6.73. The first-order valence-electron chi connectivity index (χ1n) is 8.65. The summed E-state index contributed by atoms with van der Waals surface area (Å²) in [5.74, 6) is 1.10. The van der Waals surface area contributed by atoms with Crippen LogP contribution in [-0.2, 0) is 11.2 Å². The Morgan fingerprint density at radius 2 is 2.16 bits per heavy atom. The van der Waals surface area contributed by atoms with Crippen molar-refractivity contribution in [3.8, 4) is 0 Å². The number of nitrogens with one attached hydrogen (secondary N) is 2. The molecule has 0 bridgehead atoms. The number of halogens is 1. The van der Waals surface area contributed by atoms with Crippen LogP contribution in [0, 0.1) is 17.7 Å². The van der Waals surface area contributed by atoms with E-state index < -0.39 is 5.82 Å². The number of H-pyrrole nitrogens is 2. The van der Waals surface area contributed by atoms with E-state index in [1.54, 1.807) is 6.20 Å². The number of amides is 1. The molecular weight excluding hydrogens is 325 g/mol. The molecule has 2 fully saturated rings. The van der Waals surface area contributed by atoms with Crippen molar-refractivity contribution < 1.29 is 9.18 Å². The SMILES string of the molecule is O=C(CCc1cncc(F)c1)N1CCC(C2CC2)C1c1n[nH]c(=O)[nH]1. The molecule has 8 heteroatoms. The van der Waals surface area contributed by atoms with Crippen molar-refractivity contribution in [2.75, 3.05) is 6.54 Å². The smallest absolute Gasteiger partial charge is 0.332 e. The summed E-state index contributed by atoms with van der Waals surface area (Å²) in [4.78, 5) is 32.6. The monoisotopic (exact) mass is 345 g/mol. The standard InChI is InChI=1S/C17H20FN5O2/c18-12-7-10(8-19-9-12)1-4-14(24)23-6-5-13(11-2-3-11)15(23)16-20-17(25)22-21-16/h7-9,11,13,15H,1-6H2,(H2,20,21,22,25). The molecule has 2 aromatic rings. The van der Waals surface area contributed by atoms with Crippen LogP contribution < -0.4 is 5.69 Å². The first-order valence-corrected chi connectivity index (χ1v) is 8.65. The second-order valence-electron chi connectivity index (χ2n) is 6.90.